The van der Waals surface area contributed by atoms with Crippen molar-refractivity contribution in [1.82, 2.24) is 9.71 Å². The number of benzene rings is 2. The molecule has 0 bridgehead atoms. The molecule has 34 heavy (non-hydrogen) atoms. The van der Waals surface area contributed by atoms with E-state index in [9.17, 15) is 13.2 Å². The van der Waals surface area contributed by atoms with Crippen LogP contribution in [0.2, 0.25) is 5.02 Å². The standard InChI is InChI=1S/C26H27ClN2O4S/c1-33-26(30)11-4-20-14-19(13-18-3-2-12-28-17-18)15-21-16-23(7-10-25(20)21)29-34(31,32)24-8-5-22(27)6-9-24/h2-3,5-6,8-9,12,14-15,17,23,29H,4,7,10-11,13,16H2,1H3. The molecule has 1 aliphatic rings. The van der Waals surface area contributed by atoms with E-state index in [1.807, 2.05) is 18.3 Å². The molecule has 1 aromatic heterocycles. The van der Waals surface area contributed by atoms with Gasteiger partial charge >= 0.3 is 5.97 Å². The number of rotatable bonds is 8. The first-order valence-electron chi connectivity index (χ1n) is 11.2. The molecule has 3 aromatic rings. The number of methoxy groups -OCH3 is 1. The third kappa shape index (κ3) is 6.03. The molecule has 1 unspecified atom stereocenters. The highest BCUT2D eigenvalue weighted by molar-refractivity contribution is 7.89. The van der Waals surface area contributed by atoms with E-state index >= 15 is 0 Å². The van der Waals surface area contributed by atoms with E-state index in [2.05, 4.69) is 21.8 Å². The molecular formula is C26H27ClN2O4S. The highest BCUT2D eigenvalue weighted by Crippen LogP contribution is 2.29. The van der Waals surface area contributed by atoms with Crippen molar-refractivity contribution in [1.29, 1.82) is 0 Å². The molecule has 0 aliphatic heterocycles. The normalized spacial score (nSPS) is 15.5. The van der Waals surface area contributed by atoms with E-state index in [1.54, 1.807) is 18.3 Å². The van der Waals surface area contributed by atoms with Gasteiger partial charge < -0.3 is 4.74 Å². The molecule has 0 radical (unpaired) electrons. The number of sulfonamides is 1. The number of hydrogen-bond acceptors (Lipinski definition) is 5. The summed E-state index contributed by atoms with van der Waals surface area (Å²) in [5, 5.41) is 0.492. The van der Waals surface area contributed by atoms with E-state index in [-0.39, 0.29) is 16.9 Å². The fourth-order valence-corrected chi connectivity index (χ4v) is 5.86. The molecule has 1 heterocycles. The summed E-state index contributed by atoms with van der Waals surface area (Å²) in [6, 6.07) is 14.2. The van der Waals surface area contributed by atoms with E-state index in [4.69, 9.17) is 16.3 Å². The van der Waals surface area contributed by atoms with Crippen LogP contribution in [-0.2, 0) is 45.2 Å². The Morgan fingerprint density at radius 1 is 1.18 bits per heavy atom. The number of carbonyl (C=O) groups excluding carboxylic acids is 1. The highest BCUT2D eigenvalue weighted by Gasteiger charge is 2.26. The molecule has 1 aliphatic carbocycles. The number of nitrogens with one attached hydrogen (secondary N) is 1. The molecule has 1 atom stereocenters. The molecule has 0 amide bonds. The second-order valence-corrected chi connectivity index (χ2v) is 10.7. The van der Waals surface area contributed by atoms with Gasteiger partial charge in [-0.2, -0.15) is 0 Å². The summed E-state index contributed by atoms with van der Waals surface area (Å²) >= 11 is 5.90. The van der Waals surface area contributed by atoms with Crippen molar-refractivity contribution in [3.05, 3.63) is 93.8 Å². The van der Waals surface area contributed by atoms with Crippen LogP contribution in [0.4, 0.5) is 0 Å². The van der Waals surface area contributed by atoms with Gasteiger partial charge in [-0.3, -0.25) is 9.78 Å². The van der Waals surface area contributed by atoms with Gasteiger partial charge in [0.25, 0.3) is 0 Å². The second kappa shape index (κ2) is 10.7. The minimum absolute atomic E-state index is 0.201. The largest absolute Gasteiger partial charge is 0.469 e. The lowest BCUT2D eigenvalue weighted by atomic mass is 9.82. The lowest BCUT2D eigenvalue weighted by Gasteiger charge is -2.28. The van der Waals surface area contributed by atoms with Crippen molar-refractivity contribution in [2.75, 3.05) is 7.11 Å². The third-order valence-corrected chi connectivity index (χ3v) is 7.89. The molecule has 0 spiro atoms. The third-order valence-electron chi connectivity index (χ3n) is 6.11. The Balaban J connectivity index is 1.58. The van der Waals surface area contributed by atoms with E-state index in [0.717, 1.165) is 28.7 Å². The maximum Gasteiger partial charge on any atom is 0.305 e. The lowest BCUT2D eigenvalue weighted by molar-refractivity contribution is -0.140. The molecule has 0 saturated carbocycles. The Bertz CT molecular complexity index is 1260. The first kappa shape index (κ1) is 24.4. The van der Waals surface area contributed by atoms with Crippen molar-refractivity contribution in [3.63, 3.8) is 0 Å². The van der Waals surface area contributed by atoms with Crippen molar-refractivity contribution in [2.45, 2.75) is 49.5 Å². The average Bonchev–Trinajstić information content (AvgIpc) is 2.82. The zero-order valence-corrected chi connectivity index (χ0v) is 20.5. The van der Waals surface area contributed by atoms with Crippen molar-refractivity contribution in [3.8, 4) is 0 Å². The first-order valence-corrected chi connectivity index (χ1v) is 13.1. The number of hydrogen-bond donors (Lipinski definition) is 1. The molecule has 1 N–H and O–H groups in total. The summed E-state index contributed by atoms with van der Waals surface area (Å²) in [6.07, 6.45) is 7.23. The topological polar surface area (TPSA) is 85.4 Å². The van der Waals surface area contributed by atoms with Gasteiger partial charge in [-0.15, -0.1) is 0 Å². The van der Waals surface area contributed by atoms with Gasteiger partial charge in [-0.25, -0.2) is 13.1 Å². The molecule has 0 fully saturated rings. The first-order chi connectivity index (χ1) is 16.3. The summed E-state index contributed by atoms with van der Waals surface area (Å²) in [6.45, 7) is 0. The minimum atomic E-state index is -3.65. The smallest absolute Gasteiger partial charge is 0.305 e. The van der Waals surface area contributed by atoms with E-state index in [1.165, 1.54) is 24.8 Å². The fraction of sp³-hybridized carbons (Fsp3) is 0.308. The molecule has 2 aromatic carbocycles. The number of esters is 1. The van der Waals surface area contributed by atoms with Crippen molar-refractivity contribution >= 4 is 27.6 Å². The van der Waals surface area contributed by atoms with Gasteiger partial charge in [0.2, 0.25) is 10.0 Å². The molecule has 4 rings (SSSR count). The number of aryl methyl sites for hydroxylation is 1. The number of ether oxygens (including phenoxy) is 1. The molecule has 0 saturated heterocycles. The molecular weight excluding hydrogens is 472 g/mol. The lowest BCUT2D eigenvalue weighted by Crippen LogP contribution is -2.39. The van der Waals surface area contributed by atoms with Crippen LogP contribution >= 0.6 is 11.6 Å². The Labute approximate surface area is 205 Å². The average molecular weight is 499 g/mol. The maximum absolute atomic E-state index is 12.9. The minimum Gasteiger partial charge on any atom is -0.469 e. The highest BCUT2D eigenvalue weighted by atomic mass is 35.5. The number of carbonyl (C=O) groups is 1. The molecule has 6 nitrogen and oxygen atoms in total. The molecule has 8 heteroatoms. The van der Waals surface area contributed by atoms with E-state index in [0.29, 0.717) is 37.1 Å². The number of nitrogens with zero attached hydrogens (tertiary/aromatic N) is 1. The number of pyridine rings is 1. The Morgan fingerprint density at radius 3 is 2.68 bits per heavy atom. The number of fused-ring (bicyclic) bond motifs is 1. The van der Waals surface area contributed by atoms with Crippen LogP contribution < -0.4 is 4.72 Å². The SMILES string of the molecule is COC(=O)CCc1cc(Cc2cccnc2)cc2c1CCC(NS(=O)(=O)c1ccc(Cl)cc1)C2. The summed E-state index contributed by atoms with van der Waals surface area (Å²) < 4.78 is 33.5. The van der Waals surface area contributed by atoms with Crippen molar-refractivity contribution in [2.24, 2.45) is 0 Å². The van der Waals surface area contributed by atoms with Crippen LogP contribution in [0, 0.1) is 0 Å². The van der Waals surface area contributed by atoms with Gasteiger partial charge in [-0.1, -0.05) is 29.8 Å². The summed E-state index contributed by atoms with van der Waals surface area (Å²) in [7, 11) is -2.25. The van der Waals surface area contributed by atoms with Crippen LogP contribution in [0.5, 0.6) is 0 Å². The predicted octanol–water partition coefficient (Wildman–Crippen LogP) is 4.27. The maximum atomic E-state index is 12.9. The van der Waals surface area contributed by atoms with Gasteiger partial charge in [-0.05, 0) is 90.3 Å². The second-order valence-electron chi connectivity index (χ2n) is 8.52. The van der Waals surface area contributed by atoms with E-state index < -0.39 is 10.0 Å². The van der Waals surface area contributed by atoms with Gasteiger partial charge in [0.15, 0.2) is 0 Å². The Kier molecular flexibility index (Phi) is 7.66. The Hall–Kier alpha value is -2.74. The van der Waals surface area contributed by atoms with Crippen LogP contribution in [0.3, 0.4) is 0 Å². The summed E-state index contributed by atoms with van der Waals surface area (Å²) in [4.78, 5) is 16.2. The monoisotopic (exact) mass is 498 g/mol. The zero-order chi connectivity index (χ0) is 24.1. The van der Waals surface area contributed by atoms with Crippen LogP contribution in [0.25, 0.3) is 0 Å². The van der Waals surface area contributed by atoms with Gasteiger partial charge in [0, 0.05) is 29.9 Å². The Morgan fingerprint density at radius 2 is 1.97 bits per heavy atom. The number of aromatic nitrogens is 1. The van der Waals surface area contributed by atoms with Gasteiger partial charge in [0.05, 0.1) is 12.0 Å². The zero-order valence-electron chi connectivity index (χ0n) is 19.0. The predicted molar refractivity (Wildman–Crippen MR) is 131 cm³/mol. The fourth-order valence-electron chi connectivity index (χ4n) is 4.46. The molecule has 178 valence electrons. The quantitative estimate of drug-likeness (QED) is 0.469. The van der Waals surface area contributed by atoms with Gasteiger partial charge in [0.1, 0.15) is 0 Å². The van der Waals surface area contributed by atoms with Crippen LogP contribution in [0.15, 0.2) is 65.8 Å². The summed E-state index contributed by atoms with van der Waals surface area (Å²) in [5.41, 5.74) is 5.67. The van der Waals surface area contributed by atoms with Crippen LogP contribution in [0.1, 0.15) is 40.7 Å². The number of halogens is 1. The van der Waals surface area contributed by atoms with Crippen molar-refractivity contribution < 1.29 is 17.9 Å². The van der Waals surface area contributed by atoms with Crippen LogP contribution in [-0.4, -0.2) is 32.5 Å². The summed E-state index contributed by atoms with van der Waals surface area (Å²) in [5.74, 6) is -0.240.